The third-order valence-corrected chi connectivity index (χ3v) is 4.33. The average molecular weight is 269 g/mol. The lowest BCUT2D eigenvalue weighted by atomic mass is 9.99. The standard InChI is InChI=1S/C16H35N3/c1-7-8-15(13-17-16(2,3)4)19(6)14-9-11-18(5)12-10-14/h14-15,17H,7-13H2,1-6H3. The van der Waals surface area contributed by atoms with Crippen LogP contribution in [0.4, 0.5) is 0 Å². The number of rotatable bonds is 6. The molecule has 0 aliphatic carbocycles. The molecule has 1 saturated heterocycles. The maximum absolute atomic E-state index is 3.68. The molecule has 0 bridgehead atoms. The molecule has 3 heteroatoms. The minimum absolute atomic E-state index is 0.222. The average Bonchev–Trinajstić information content (AvgIpc) is 2.33. The number of likely N-dealkylation sites (tertiary alicyclic amines) is 1. The molecular formula is C16H35N3. The second kappa shape index (κ2) is 7.61. The summed E-state index contributed by atoms with van der Waals surface area (Å²) in [6, 6.07) is 1.45. The zero-order valence-electron chi connectivity index (χ0n) is 14.0. The normalized spacial score (nSPS) is 21.0. The van der Waals surface area contributed by atoms with Crippen molar-refractivity contribution in [3.8, 4) is 0 Å². The van der Waals surface area contributed by atoms with Crippen molar-refractivity contribution in [2.75, 3.05) is 33.7 Å². The molecule has 0 spiro atoms. The third-order valence-electron chi connectivity index (χ3n) is 4.33. The fourth-order valence-corrected chi connectivity index (χ4v) is 2.91. The molecule has 0 aromatic carbocycles. The number of hydrogen-bond donors (Lipinski definition) is 1. The van der Waals surface area contributed by atoms with E-state index in [4.69, 9.17) is 0 Å². The first-order valence-electron chi connectivity index (χ1n) is 7.99. The minimum Gasteiger partial charge on any atom is -0.311 e. The van der Waals surface area contributed by atoms with E-state index in [1.54, 1.807) is 0 Å². The predicted octanol–water partition coefficient (Wildman–Crippen LogP) is 2.57. The predicted molar refractivity (Wildman–Crippen MR) is 84.7 cm³/mol. The first kappa shape index (κ1) is 16.9. The summed E-state index contributed by atoms with van der Waals surface area (Å²) in [5.74, 6) is 0. The van der Waals surface area contributed by atoms with Crippen LogP contribution in [0, 0.1) is 0 Å². The Balaban J connectivity index is 2.49. The molecule has 1 aliphatic rings. The summed E-state index contributed by atoms with van der Waals surface area (Å²) in [6.07, 6.45) is 5.21. The number of nitrogens with one attached hydrogen (secondary N) is 1. The van der Waals surface area contributed by atoms with Gasteiger partial charge in [-0.2, -0.15) is 0 Å². The van der Waals surface area contributed by atoms with E-state index in [1.165, 1.54) is 38.8 Å². The summed E-state index contributed by atoms with van der Waals surface area (Å²) < 4.78 is 0. The summed E-state index contributed by atoms with van der Waals surface area (Å²) in [5, 5.41) is 3.68. The monoisotopic (exact) mass is 269 g/mol. The van der Waals surface area contributed by atoms with Gasteiger partial charge in [-0.1, -0.05) is 13.3 Å². The molecule has 1 aliphatic heterocycles. The van der Waals surface area contributed by atoms with Gasteiger partial charge in [0.2, 0.25) is 0 Å². The SMILES string of the molecule is CCCC(CNC(C)(C)C)N(C)C1CCN(C)CC1. The number of nitrogens with zero attached hydrogens (tertiary/aromatic N) is 2. The van der Waals surface area contributed by atoms with E-state index in [2.05, 4.69) is 56.9 Å². The first-order chi connectivity index (χ1) is 8.83. The van der Waals surface area contributed by atoms with Gasteiger partial charge in [-0.25, -0.2) is 0 Å². The topological polar surface area (TPSA) is 18.5 Å². The fourth-order valence-electron chi connectivity index (χ4n) is 2.91. The summed E-state index contributed by atoms with van der Waals surface area (Å²) in [6.45, 7) is 12.7. The lowest BCUT2D eigenvalue weighted by molar-refractivity contribution is 0.0979. The molecule has 0 saturated carbocycles. The Kier molecular flexibility index (Phi) is 6.78. The van der Waals surface area contributed by atoms with E-state index in [0.717, 1.165) is 12.6 Å². The van der Waals surface area contributed by atoms with E-state index in [9.17, 15) is 0 Å². The zero-order chi connectivity index (χ0) is 14.5. The molecule has 0 aromatic heterocycles. The van der Waals surface area contributed by atoms with E-state index in [-0.39, 0.29) is 5.54 Å². The first-order valence-corrected chi connectivity index (χ1v) is 7.99. The second-order valence-corrected chi connectivity index (χ2v) is 7.27. The third kappa shape index (κ3) is 6.24. The maximum Gasteiger partial charge on any atom is 0.0220 e. The number of likely N-dealkylation sites (N-methyl/N-ethyl adjacent to an activating group) is 1. The van der Waals surface area contributed by atoms with Gasteiger partial charge in [-0.05, 0) is 67.2 Å². The minimum atomic E-state index is 0.222. The molecule has 1 N–H and O–H groups in total. The molecule has 0 radical (unpaired) electrons. The summed E-state index contributed by atoms with van der Waals surface area (Å²) in [7, 11) is 4.57. The van der Waals surface area contributed by atoms with Crippen molar-refractivity contribution in [1.29, 1.82) is 0 Å². The highest BCUT2D eigenvalue weighted by Gasteiger charge is 2.26. The van der Waals surface area contributed by atoms with Crippen LogP contribution in [0.15, 0.2) is 0 Å². The molecule has 19 heavy (non-hydrogen) atoms. The van der Waals surface area contributed by atoms with Crippen LogP contribution in [0.1, 0.15) is 53.4 Å². The van der Waals surface area contributed by atoms with Crippen molar-refractivity contribution in [2.45, 2.75) is 71.0 Å². The van der Waals surface area contributed by atoms with Gasteiger partial charge in [0.05, 0.1) is 0 Å². The molecule has 3 nitrogen and oxygen atoms in total. The van der Waals surface area contributed by atoms with E-state index in [0.29, 0.717) is 6.04 Å². The molecule has 0 aromatic rings. The van der Waals surface area contributed by atoms with E-state index >= 15 is 0 Å². The Bertz CT molecular complexity index is 239. The van der Waals surface area contributed by atoms with Gasteiger partial charge in [0, 0.05) is 24.2 Å². The van der Waals surface area contributed by atoms with Crippen LogP contribution in [-0.2, 0) is 0 Å². The van der Waals surface area contributed by atoms with Crippen molar-refractivity contribution in [3.05, 3.63) is 0 Å². The fraction of sp³-hybridized carbons (Fsp3) is 1.00. The van der Waals surface area contributed by atoms with Crippen LogP contribution in [0.25, 0.3) is 0 Å². The Hall–Kier alpha value is -0.120. The van der Waals surface area contributed by atoms with Crippen molar-refractivity contribution < 1.29 is 0 Å². The molecule has 1 fully saturated rings. The van der Waals surface area contributed by atoms with Crippen molar-refractivity contribution in [1.82, 2.24) is 15.1 Å². The summed E-state index contributed by atoms with van der Waals surface area (Å²) in [5.41, 5.74) is 0.222. The summed E-state index contributed by atoms with van der Waals surface area (Å²) >= 11 is 0. The van der Waals surface area contributed by atoms with Crippen LogP contribution in [0.2, 0.25) is 0 Å². The maximum atomic E-state index is 3.68. The lowest BCUT2D eigenvalue weighted by Gasteiger charge is -2.40. The zero-order valence-corrected chi connectivity index (χ0v) is 14.0. The largest absolute Gasteiger partial charge is 0.311 e. The van der Waals surface area contributed by atoms with Gasteiger partial charge < -0.3 is 10.2 Å². The summed E-state index contributed by atoms with van der Waals surface area (Å²) in [4.78, 5) is 5.10. The van der Waals surface area contributed by atoms with Gasteiger partial charge in [0.15, 0.2) is 0 Å². The quantitative estimate of drug-likeness (QED) is 0.799. The van der Waals surface area contributed by atoms with Crippen LogP contribution < -0.4 is 5.32 Å². The molecule has 0 amide bonds. The Morgan fingerprint density at radius 3 is 2.32 bits per heavy atom. The van der Waals surface area contributed by atoms with Crippen molar-refractivity contribution in [3.63, 3.8) is 0 Å². The molecule has 1 unspecified atom stereocenters. The Morgan fingerprint density at radius 1 is 1.26 bits per heavy atom. The lowest BCUT2D eigenvalue weighted by Crippen LogP contribution is -2.51. The van der Waals surface area contributed by atoms with E-state index in [1.807, 2.05) is 0 Å². The van der Waals surface area contributed by atoms with Crippen LogP contribution >= 0.6 is 0 Å². The van der Waals surface area contributed by atoms with E-state index < -0.39 is 0 Å². The highest BCUT2D eigenvalue weighted by Crippen LogP contribution is 2.18. The molecule has 1 heterocycles. The number of hydrogen-bond acceptors (Lipinski definition) is 3. The van der Waals surface area contributed by atoms with Gasteiger partial charge in [0.25, 0.3) is 0 Å². The Morgan fingerprint density at radius 2 is 1.84 bits per heavy atom. The van der Waals surface area contributed by atoms with Gasteiger partial charge >= 0.3 is 0 Å². The Labute approximate surface area is 120 Å². The van der Waals surface area contributed by atoms with Crippen LogP contribution in [0.3, 0.4) is 0 Å². The highest BCUT2D eigenvalue weighted by atomic mass is 15.2. The smallest absolute Gasteiger partial charge is 0.0220 e. The molecule has 1 atom stereocenters. The highest BCUT2D eigenvalue weighted by molar-refractivity contribution is 4.84. The van der Waals surface area contributed by atoms with Gasteiger partial charge in [0.1, 0.15) is 0 Å². The van der Waals surface area contributed by atoms with Gasteiger partial charge in [-0.15, -0.1) is 0 Å². The molecular weight excluding hydrogens is 234 g/mol. The van der Waals surface area contributed by atoms with Crippen LogP contribution in [0.5, 0.6) is 0 Å². The van der Waals surface area contributed by atoms with Crippen LogP contribution in [-0.4, -0.2) is 61.2 Å². The van der Waals surface area contributed by atoms with Crippen molar-refractivity contribution in [2.24, 2.45) is 0 Å². The van der Waals surface area contributed by atoms with Gasteiger partial charge in [-0.3, -0.25) is 4.90 Å². The molecule has 114 valence electrons. The van der Waals surface area contributed by atoms with Crippen molar-refractivity contribution >= 4 is 0 Å². The number of piperidine rings is 1. The second-order valence-electron chi connectivity index (χ2n) is 7.27. The molecule has 1 rings (SSSR count).